The van der Waals surface area contributed by atoms with Crippen LogP contribution in [0.15, 0.2) is 42.5 Å². The maximum Gasteiger partial charge on any atom is 0.262 e. The van der Waals surface area contributed by atoms with Gasteiger partial charge in [0.25, 0.3) is 5.91 Å². The lowest BCUT2D eigenvalue weighted by Crippen LogP contribution is -2.23. The molecule has 1 saturated heterocycles. The van der Waals surface area contributed by atoms with Gasteiger partial charge in [-0.15, -0.1) is 0 Å². The molecule has 1 atom stereocenters. The topological polar surface area (TPSA) is 56.8 Å². The molecule has 0 radical (unpaired) electrons. The molecule has 5 nitrogen and oxygen atoms in total. The third kappa shape index (κ3) is 6.73. The molecule has 1 unspecified atom stereocenters. The zero-order valence-electron chi connectivity index (χ0n) is 20.3. The van der Waals surface area contributed by atoms with E-state index in [4.69, 9.17) is 14.2 Å². The van der Waals surface area contributed by atoms with Crippen LogP contribution >= 0.6 is 0 Å². The van der Waals surface area contributed by atoms with E-state index in [-0.39, 0.29) is 29.4 Å². The Kier molecular flexibility index (Phi) is 7.50. The maximum absolute atomic E-state index is 12.6. The lowest BCUT2D eigenvalue weighted by molar-refractivity contribution is -0.118. The van der Waals surface area contributed by atoms with Crippen molar-refractivity contribution in [2.75, 3.05) is 25.1 Å². The molecule has 0 bridgehead atoms. The number of hydrogen-bond acceptors (Lipinski definition) is 4. The molecule has 2 aromatic rings. The standard InChI is InChI=1S/C27H37NO4/c1-26(2,3)19-12-13-24(23(15-19)27(4,5)6)32-18-25(29)28-20-9-7-10-21(16-20)31-17-22-11-8-14-30-22/h7,9-10,12-13,15-16,22H,8,11,14,17-18H2,1-6H3,(H,28,29). The monoisotopic (exact) mass is 439 g/mol. The summed E-state index contributed by atoms with van der Waals surface area (Å²) in [6.45, 7) is 14.3. The average molecular weight is 440 g/mol. The minimum absolute atomic E-state index is 0.0485. The van der Waals surface area contributed by atoms with Crippen LogP contribution < -0.4 is 14.8 Å². The summed E-state index contributed by atoms with van der Waals surface area (Å²) in [5.41, 5.74) is 2.98. The van der Waals surface area contributed by atoms with Crippen molar-refractivity contribution in [3.05, 3.63) is 53.6 Å². The van der Waals surface area contributed by atoms with E-state index in [0.29, 0.717) is 18.0 Å². The first-order valence-electron chi connectivity index (χ1n) is 11.4. The van der Waals surface area contributed by atoms with E-state index in [1.165, 1.54) is 5.56 Å². The van der Waals surface area contributed by atoms with Crippen LogP contribution in [0.3, 0.4) is 0 Å². The van der Waals surface area contributed by atoms with Crippen molar-refractivity contribution in [2.45, 2.75) is 71.3 Å². The van der Waals surface area contributed by atoms with Crippen molar-refractivity contribution >= 4 is 11.6 Å². The van der Waals surface area contributed by atoms with Gasteiger partial charge in [0.2, 0.25) is 0 Å². The Morgan fingerprint density at radius 2 is 1.81 bits per heavy atom. The van der Waals surface area contributed by atoms with Gasteiger partial charge in [0, 0.05) is 18.4 Å². The average Bonchev–Trinajstić information content (AvgIpc) is 3.23. The number of amides is 1. The van der Waals surface area contributed by atoms with Gasteiger partial charge in [-0.05, 0) is 53.0 Å². The van der Waals surface area contributed by atoms with Crippen LogP contribution in [-0.4, -0.2) is 31.8 Å². The van der Waals surface area contributed by atoms with Crippen LogP contribution in [0.25, 0.3) is 0 Å². The van der Waals surface area contributed by atoms with Crippen LogP contribution in [0, 0.1) is 0 Å². The highest BCUT2D eigenvalue weighted by atomic mass is 16.5. The van der Waals surface area contributed by atoms with Gasteiger partial charge < -0.3 is 19.5 Å². The Hall–Kier alpha value is -2.53. The highest BCUT2D eigenvalue weighted by Crippen LogP contribution is 2.35. The summed E-state index contributed by atoms with van der Waals surface area (Å²) in [6, 6.07) is 13.7. The molecule has 2 aromatic carbocycles. The Morgan fingerprint density at radius 3 is 2.47 bits per heavy atom. The van der Waals surface area contributed by atoms with Gasteiger partial charge in [-0.25, -0.2) is 0 Å². The molecule has 3 rings (SSSR count). The number of carbonyl (C=O) groups excluding carboxylic acids is 1. The fourth-order valence-electron chi connectivity index (χ4n) is 3.68. The van der Waals surface area contributed by atoms with Crippen molar-refractivity contribution in [3.8, 4) is 11.5 Å². The van der Waals surface area contributed by atoms with Crippen molar-refractivity contribution < 1.29 is 19.0 Å². The number of nitrogens with one attached hydrogen (secondary N) is 1. The molecule has 5 heteroatoms. The zero-order valence-corrected chi connectivity index (χ0v) is 20.3. The predicted octanol–water partition coefficient (Wildman–Crippen LogP) is 5.86. The molecule has 1 heterocycles. The normalized spacial score (nSPS) is 16.6. The number of benzene rings is 2. The summed E-state index contributed by atoms with van der Waals surface area (Å²) < 4.78 is 17.4. The van der Waals surface area contributed by atoms with Gasteiger partial charge in [0.1, 0.15) is 18.1 Å². The Balaban J connectivity index is 1.60. The molecule has 0 aliphatic carbocycles. The number of rotatable bonds is 7. The molecule has 174 valence electrons. The van der Waals surface area contributed by atoms with Crippen LogP contribution in [0.2, 0.25) is 0 Å². The molecular weight excluding hydrogens is 402 g/mol. The molecule has 0 spiro atoms. The molecule has 1 aliphatic heterocycles. The van der Waals surface area contributed by atoms with E-state index >= 15 is 0 Å². The minimum Gasteiger partial charge on any atom is -0.491 e. The van der Waals surface area contributed by atoms with Crippen LogP contribution in [0.5, 0.6) is 11.5 Å². The fourth-order valence-corrected chi connectivity index (χ4v) is 3.68. The van der Waals surface area contributed by atoms with Gasteiger partial charge in [-0.2, -0.15) is 0 Å². The van der Waals surface area contributed by atoms with Gasteiger partial charge in [-0.3, -0.25) is 4.79 Å². The Labute approximate surface area is 192 Å². The first-order chi connectivity index (χ1) is 15.0. The second kappa shape index (κ2) is 9.95. The molecule has 1 aliphatic rings. The summed E-state index contributed by atoms with van der Waals surface area (Å²) in [7, 11) is 0. The summed E-state index contributed by atoms with van der Waals surface area (Å²) in [5, 5.41) is 2.90. The first-order valence-corrected chi connectivity index (χ1v) is 11.4. The van der Waals surface area contributed by atoms with Crippen LogP contribution in [0.1, 0.15) is 65.5 Å². The van der Waals surface area contributed by atoms with E-state index in [9.17, 15) is 4.79 Å². The SMILES string of the molecule is CC(C)(C)c1ccc(OCC(=O)Nc2cccc(OCC3CCCO3)c2)c(C(C)(C)C)c1. The van der Waals surface area contributed by atoms with Crippen LogP contribution in [-0.2, 0) is 20.4 Å². The number of anilines is 1. The molecule has 0 saturated carbocycles. The summed E-state index contributed by atoms with van der Waals surface area (Å²) in [5.74, 6) is 1.25. The second-order valence-electron chi connectivity index (χ2n) is 10.5. The van der Waals surface area contributed by atoms with Gasteiger partial charge in [0.05, 0.1) is 6.10 Å². The zero-order chi connectivity index (χ0) is 23.4. The number of hydrogen-bond donors (Lipinski definition) is 1. The molecule has 1 fully saturated rings. The molecule has 1 amide bonds. The Bertz CT molecular complexity index is 918. The number of carbonyl (C=O) groups is 1. The summed E-state index contributed by atoms with van der Waals surface area (Å²) >= 11 is 0. The highest BCUT2D eigenvalue weighted by molar-refractivity contribution is 5.92. The number of ether oxygens (including phenoxy) is 3. The highest BCUT2D eigenvalue weighted by Gasteiger charge is 2.23. The van der Waals surface area contributed by atoms with E-state index < -0.39 is 0 Å². The van der Waals surface area contributed by atoms with E-state index in [2.05, 4.69) is 59.0 Å². The van der Waals surface area contributed by atoms with Crippen molar-refractivity contribution in [1.29, 1.82) is 0 Å². The Morgan fingerprint density at radius 1 is 1.03 bits per heavy atom. The smallest absolute Gasteiger partial charge is 0.262 e. The second-order valence-corrected chi connectivity index (χ2v) is 10.5. The van der Waals surface area contributed by atoms with Crippen molar-refractivity contribution in [2.24, 2.45) is 0 Å². The lowest BCUT2D eigenvalue weighted by Gasteiger charge is -2.27. The first kappa shape index (κ1) is 24.1. The third-order valence-electron chi connectivity index (χ3n) is 5.59. The van der Waals surface area contributed by atoms with E-state index in [1.54, 1.807) is 0 Å². The van der Waals surface area contributed by atoms with Crippen molar-refractivity contribution in [1.82, 2.24) is 0 Å². The van der Waals surface area contributed by atoms with Gasteiger partial charge in [0.15, 0.2) is 6.61 Å². The van der Waals surface area contributed by atoms with Crippen LogP contribution in [0.4, 0.5) is 5.69 Å². The molecular formula is C27H37NO4. The minimum atomic E-state index is -0.207. The molecule has 1 N–H and O–H groups in total. The maximum atomic E-state index is 12.6. The largest absolute Gasteiger partial charge is 0.491 e. The predicted molar refractivity (Wildman–Crippen MR) is 129 cm³/mol. The lowest BCUT2D eigenvalue weighted by atomic mass is 9.80. The van der Waals surface area contributed by atoms with Gasteiger partial charge in [-0.1, -0.05) is 59.7 Å². The summed E-state index contributed by atoms with van der Waals surface area (Å²) in [4.78, 5) is 12.6. The third-order valence-corrected chi connectivity index (χ3v) is 5.59. The quantitative estimate of drug-likeness (QED) is 0.587. The molecule has 32 heavy (non-hydrogen) atoms. The molecule has 0 aromatic heterocycles. The van der Waals surface area contributed by atoms with Gasteiger partial charge >= 0.3 is 0 Å². The van der Waals surface area contributed by atoms with E-state index in [0.717, 1.165) is 30.8 Å². The fraction of sp³-hybridized carbons (Fsp3) is 0.519. The summed E-state index contributed by atoms with van der Waals surface area (Å²) in [6.07, 6.45) is 2.27. The van der Waals surface area contributed by atoms with E-state index in [1.807, 2.05) is 30.3 Å². The van der Waals surface area contributed by atoms with Crippen molar-refractivity contribution in [3.63, 3.8) is 0 Å².